The number of unbranched alkanes of at least 4 members (excludes halogenated alkanes) is 2. The lowest BCUT2D eigenvalue weighted by Gasteiger charge is -2.21. The van der Waals surface area contributed by atoms with Gasteiger partial charge >= 0.3 is 6.09 Å². The number of hydrogen-bond acceptors (Lipinski definition) is 5. The van der Waals surface area contributed by atoms with E-state index in [0.29, 0.717) is 24.7 Å². The van der Waals surface area contributed by atoms with Crippen LogP contribution in [-0.2, 0) is 14.3 Å². The van der Waals surface area contributed by atoms with Gasteiger partial charge in [-0.2, -0.15) is 0 Å². The van der Waals surface area contributed by atoms with Crippen molar-refractivity contribution in [3.63, 3.8) is 0 Å². The highest BCUT2D eigenvalue weighted by atomic mass is 35.5. The first-order valence-electron chi connectivity index (χ1n) is 9.05. The molecule has 7 heteroatoms. The predicted octanol–water partition coefficient (Wildman–Crippen LogP) is 4.93. The van der Waals surface area contributed by atoms with Crippen LogP contribution >= 0.6 is 23.5 Å². The van der Waals surface area contributed by atoms with Gasteiger partial charge in [0.1, 0.15) is 10.5 Å². The number of hydrogen-bond donors (Lipinski definition) is 1. The molecule has 2 rings (SSSR count). The molecule has 1 amide bonds. The van der Waals surface area contributed by atoms with Crippen LogP contribution in [0.1, 0.15) is 52.0 Å². The zero-order valence-corrected chi connectivity index (χ0v) is 17.4. The molecular formula is C19H29ClN2O3S. The summed E-state index contributed by atoms with van der Waals surface area (Å²) in [7, 11) is 0. The third kappa shape index (κ3) is 6.05. The molecule has 0 radical (unpaired) electrons. The van der Waals surface area contributed by atoms with E-state index in [1.165, 1.54) is 11.9 Å². The largest absolute Gasteiger partial charge is 0.443 e. The van der Waals surface area contributed by atoms with Gasteiger partial charge in [-0.25, -0.2) is 9.10 Å². The van der Waals surface area contributed by atoms with Gasteiger partial charge in [-0.05, 0) is 76.2 Å². The molecule has 1 aliphatic rings. The minimum absolute atomic E-state index is 0.319. The van der Waals surface area contributed by atoms with Gasteiger partial charge in [0.05, 0.1) is 6.61 Å². The number of carbonyl (C=O) groups is 1. The summed E-state index contributed by atoms with van der Waals surface area (Å²) in [6, 6.07) is 7.61. The summed E-state index contributed by atoms with van der Waals surface area (Å²) >= 11 is 7.49. The van der Waals surface area contributed by atoms with Crippen molar-refractivity contribution in [1.82, 2.24) is 4.31 Å². The lowest BCUT2D eigenvalue weighted by molar-refractivity contribution is 0.0376. The Kier molecular flexibility index (Phi) is 7.64. The molecule has 5 nitrogen and oxygen atoms in total. The molecule has 1 aromatic rings. The number of amides is 1. The second kappa shape index (κ2) is 9.31. The molecule has 0 aliphatic carbocycles. The van der Waals surface area contributed by atoms with Crippen molar-refractivity contribution in [3.05, 3.63) is 34.9 Å². The third-order valence-electron chi connectivity index (χ3n) is 3.97. The Morgan fingerprint density at radius 3 is 2.50 bits per heavy atom. The standard InChI is InChI=1S/C19H29ClN2O3S/c1-18(2,3)25-17(23)22-19(26-22,15-7-9-16(20)10-8-15)11-14-24-13-6-4-5-12-21/h7-10H,4-6,11-14,21H2,1-3H3. The molecule has 1 fully saturated rings. The fourth-order valence-electron chi connectivity index (χ4n) is 2.63. The van der Waals surface area contributed by atoms with E-state index < -0.39 is 10.5 Å². The summed E-state index contributed by atoms with van der Waals surface area (Å²) in [6.45, 7) is 7.63. The maximum absolute atomic E-state index is 12.5. The van der Waals surface area contributed by atoms with Gasteiger partial charge in [0, 0.05) is 18.1 Å². The third-order valence-corrected chi connectivity index (χ3v) is 5.62. The summed E-state index contributed by atoms with van der Waals surface area (Å²) in [5.41, 5.74) is 6.00. The molecule has 0 saturated carbocycles. The zero-order valence-electron chi connectivity index (χ0n) is 15.8. The van der Waals surface area contributed by atoms with Gasteiger partial charge in [-0.1, -0.05) is 23.7 Å². The van der Waals surface area contributed by atoms with E-state index in [0.717, 1.165) is 31.4 Å². The van der Waals surface area contributed by atoms with Crippen molar-refractivity contribution in [3.8, 4) is 0 Å². The monoisotopic (exact) mass is 400 g/mol. The first kappa shape index (κ1) is 21.4. The maximum Gasteiger partial charge on any atom is 0.422 e. The quantitative estimate of drug-likeness (QED) is 0.361. The average Bonchev–Trinajstić information content (AvgIpc) is 3.29. The van der Waals surface area contributed by atoms with Gasteiger partial charge in [-0.3, -0.25) is 0 Å². The number of nitrogens with two attached hydrogens (primary N) is 1. The van der Waals surface area contributed by atoms with E-state index in [9.17, 15) is 4.79 Å². The van der Waals surface area contributed by atoms with Gasteiger partial charge < -0.3 is 15.2 Å². The summed E-state index contributed by atoms with van der Waals surface area (Å²) in [5, 5.41) is 0.675. The topological polar surface area (TPSA) is 64.6 Å². The molecule has 0 aromatic heterocycles. The molecule has 0 spiro atoms. The summed E-state index contributed by atoms with van der Waals surface area (Å²) in [6.07, 6.45) is 3.50. The van der Waals surface area contributed by atoms with E-state index in [4.69, 9.17) is 26.8 Å². The Bertz CT molecular complexity index is 591. The molecule has 26 heavy (non-hydrogen) atoms. The molecule has 0 bridgehead atoms. The minimum Gasteiger partial charge on any atom is -0.443 e. The summed E-state index contributed by atoms with van der Waals surface area (Å²) in [4.78, 5) is 12.0. The van der Waals surface area contributed by atoms with Crippen LogP contribution in [0.15, 0.2) is 24.3 Å². The smallest absolute Gasteiger partial charge is 0.422 e. The zero-order chi connectivity index (χ0) is 19.2. The Morgan fingerprint density at radius 1 is 1.19 bits per heavy atom. The molecule has 1 aliphatic heterocycles. The first-order chi connectivity index (χ1) is 12.3. The number of ether oxygens (including phenoxy) is 2. The van der Waals surface area contributed by atoms with Crippen LogP contribution in [0.5, 0.6) is 0 Å². The number of carbonyl (C=O) groups excluding carboxylic acids is 1. The molecule has 146 valence electrons. The minimum atomic E-state index is -0.522. The van der Waals surface area contributed by atoms with Crippen LogP contribution in [0.4, 0.5) is 4.79 Å². The van der Waals surface area contributed by atoms with Crippen molar-refractivity contribution < 1.29 is 14.3 Å². The molecule has 1 unspecified atom stereocenters. The lowest BCUT2D eigenvalue weighted by atomic mass is 10.0. The Morgan fingerprint density at radius 2 is 1.88 bits per heavy atom. The van der Waals surface area contributed by atoms with Crippen molar-refractivity contribution in [2.75, 3.05) is 19.8 Å². The van der Waals surface area contributed by atoms with Gasteiger partial charge in [0.2, 0.25) is 0 Å². The van der Waals surface area contributed by atoms with Crippen molar-refractivity contribution in [2.45, 2.75) is 56.9 Å². The predicted molar refractivity (Wildman–Crippen MR) is 107 cm³/mol. The molecule has 1 saturated heterocycles. The van der Waals surface area contributed by atoms with Gasteiger partial charge in [0.15, 0.2) is 0 Å². The Labute approximate surface area is 165 Å². The highest BCUT2D eigenvalue weighted by Crippen LogP contribution is 2.62. The number of halogens is 1. The van der Waals surface area contributed by atoms with Crippen LogP contribution in [0, 0.1) is 0 Å². The lowest BCUT2D eigenvalue weighted by Crippen LogP contribution is -2.30. The maximum atomic E-state index is 12.5. The SMILES string of the molecule is CC(C)(C)OC(=O)N1SC1(CCOCCCCCN)c1ccc(Cl)cc1. The Hall–Kier alpha value is -0.950. The highest BCUT2D eigenvalue weighted by molar-refractivity contribution is 8.04. The van der Waals surface area contributed by atoms with E-state index in [2.05, 4.69) is 0 Å². The highest BCUT2D eigenvalue weighted by Gasteiger charge is 2.59. The van der Waals surface area contributed by atoms with E-state index in [-0.39, 0.29) is 6.09 Å². The number of nitrogens with zero attached hydrogens (tertiary/aromatic N) is 1. The fraction of sp³-hybridized carbons (Fsp3) is 0.632. The van der Waals surface area contributed by atoms with Crippen molar-refractivity contribution in [1.29, 1.82) is 0 Å². The summed E-state index contributed by atoms with van der Waals surface area (Å²) in [5.74, 6) is 0. The molecule has 1 aromatic carbocycles. The van der Waals surface area contributed by atoms with Crippen molar-refractivity contribution in [2.24, 2.45) is 5.73 Å². The van der Waals surface area contributed by atoms with Crippen LogP contribution in [-0.4, -0.2) is 35.8 Å². The van der Waals surface area contributed by atoms with E-state index in [1.807, 2.05) is 45.0 Å². The van der Waals surface area contributed by atoms with Gasteiger partial charge in [0.25, 0.3) is 0 Å². The molecule has 1 atom stereocenters. The molecular weight excluding hydrogens is 372 g/mol. The Balaban J connectivity index is 1.96. The van der Waals surface area contributed by atoms with Crippen LogP contribution in [0.3, 0.4) is 0 Å². The average molecular weight is 401 g/mol. The van der Waals surface area contributed by atoms with Crippen LogP contribution in [0.25, 0.3) is 0 Å². The van der Waals surface area contributed by atoms with E-state index >= 15 is 0 Å². The second-order valence-electron chi connectivity index (χ2n) is 7.37. The normalized spacial score (nSPS) is 19.5. The van der Waals surface area contributed by atoms with Crippen LogP contribution in [0.2, 0.25) is 5.02 Å². The first-order valence-corrected chi connectivity index (χ1v) is 10.2. The number of benzene rings is 1. The number of rotatable bonds is 9. The fourth-order valence-corrected chi connectivity index (χ4v) is 3.81. The molecule has 2 N–H and O–H groups in total. The van der Waals surface area contributed by atoms with Crippen molar-refractivity contribution >= 4 is 29.6 Å². The molecule has 1 heterocycles. The van der Waals surface area contributed by atoms with E-state index in [1.54, 1.807) is 4.31 Å². The van der Waals surface area contributed by atoms with Crippen LogP contribution < -0.4 is 5.73 Å². The second-order valence-corrected chi connectivity index (χ2v) is 9.03. The van der Waals surface area contributed by atoms with Gasteiger partial charge in [-0.15, -0.1) is 0 Å². The summed E-state index contributed by atoms with van der Waals surface area (Å²) < 4.78 is 13.0.